The number of halogens is 4. The van der Waals surface area contributed by atoms with Crippen LogP contribution in [0.4, 0.5) is 0 Å². The van der Waals surface area contributed by atoms with Crippen molar-refractivity contribution in [1.29, 1.82) is 0 Å². The average Bonchev–Trinajstić information content (AvgIpc) is 2.87. The van der Waals surface area contributed by atoms with Gasteiger partial charge in [-0.25, -0.2) is 0 Å². The summed E-state index contributed by atoms with van der Waals surface area (Å²) in [4.78, 5) is 0. The number of ether oxygens (including phenoxy) is 1. The standard InChI is InChI=1S/C15H10Cl4O/c16-9-1-2-13(18)11(6-9)14(19)12-7-10(17)5-8-3-4-20-15(8)12/h1-2,5-7,14H,3-4H2. The van der Waals surface area contributed by atoms with Gasteiger partial charge in [0.05, 0.1) is 12.0 Å². The quantitative estimate of drug-likeness (QED) is 0.613. The summed E-state index contributed by atoms with van der Waals surface area (Å²) in [5.74, 6) is 0.811. The van der Waals surface area contributed by atoms with Crippen LogP contribution in [0.2, 0.25) is 15.1 Å². The summed E-state index contributed by atoms with van der Waals surface area (Å²) in [6.07, 6.45) is 0.843. The third-order valence-electron chi connectivity index (χ3n) is 3.28. The molecule has 0 fully saturated rings. The molecule has 2 aromatic carbocycles. The maximum Gasteiger partial charge on any atom is 0.127 e. The first-order valence-corrected chi connectivity index (χ1v) is 7.67. The van der Waals surface area contributed by atoms with Crippen molar-refractivity contribution in [3.63, 3.8) is 0 Å². The molecule has 2 aromatic rings. The van der Waals surface area contributed by atoms with Gasteiger partial charge in [-0.2, -0.15) is 0 Å². The van der Waals surface area contributed by atoms with E-state index in [1.165, 1.54) is 0 Å². The topological polar surface area (TPSA) is 9.23 Å². The lowest BCUT2D eigenvalue weighted by Gasteiger charge is -2.16. The zero-order chi connectivity index (χ0) is 14.3. The highest BCUT2D eigenvalue weighted by Gasteiger charge is 2.24. The predicted octanol–water partition coefficient (Wildman–Crippen LogP) is 5.91. The highest BCUT2D eigenvalue weighted by Crippen LogP contribution is 2.43. The van der Waals surface area contributed by atoms with Gasteiger partial charge in [0, 0.05) is 27.1 Å². The summed E-state index contributed by atoms with van der Waals surface area (Å²) >= 11 is 25.0. The van der Waals surface area contributed by atoms with Crippen molar-refractivity contribution in [2.75, 3.05) is 6.61 Å². The Balaban J connectivity index is 2.11. The van der Waals surface area contributed by atoms with Gasteiger partial charge in [-0.15, -0.1) is 11.6 Å². The summed E-state index contributed by atoms with van der Waals surface area (Å²) in [5.41, 5.74) is 2.66. The van der Waals surface area contributed by atoms with E-state index in [2.05, 4.69) is 0 Å². The van der Waals surface area contributed by atoms with Gasteiger partial charge in [-0.1, -0.05) is 34.8 Å². The molecule has 0 N–H and O–H groups in total. The van der Waals surface area contributed by atoms with E-state index < -0.39 is 5.38 Å². The van der Waals surface area contributed by atoms with Crippen molar-refractivity contribution >= 4 is 46.4 Å². The number of hydrogen-bond acceptors (Lipinski definition) is 1. The van der Waals surface area contributed by atoms with E-state index in [1.54, 1.807) is 18.2 Å². The normalized spacial score (nSPS) is 14.8. The van der Waals surface area contributed by atoms with Crippen LogP contribution < -0.4 is 4.74 Å². The summed E-state index contributed by atoms with van der Waals surface area (Å²) in [7, 11) is 0. The van der Waals surface area contributed by atoms with Crippen molar-refractivity contribution in [1.82, 2.24) is 0 Å². The van der Waals surface area contributed by atoms with E-state index in [-0.39, 0.29) is 0 Å². The van der Waals surface area contributed by atoms with Crippen molar-refractivity contribution in [3.8, 4) is 5.75 Å². The molecule has 5 heteroatoms. The molecule has 1 nitrogen and oxygen atoms in total. The largest absolute Gasteiger partial charge is 0.493 e. The van der Waals surface area contributed by atoms with E-state index >= 15 is 0 Å². The molecular weight excluding hydrogens is 338 g/mol. The molecule has 0 saturated carbocycles. The van der Waals surface area contributed by atoms with E-state index in [9.17, 15) is 0 Å². The fourth-order valence-electron chi connectivity index (χ4n) is 2.36. The van der Waals surface area contributed by atoms with E-state index in [0.717, 1.165) is 28.9 Å². The van der Waals surface area contributed by atoms with E-state index in [4.69, 9.17) is 51.1 Å². The fraction of sp³-hybridized carbons (Fsp3) is 0.200. The SMILES string of the molecule is Clc1ccc(Cl)c(C(Cl)c2cc(Cl)cc3c2OCC3)c1. The molecule has 1 unspecified atom stereocenters. The second-order valence-corrected chi connectivity index (χ2v) is 6.33. The van der Waals surface area contributed by atoms with Crippen molar-refractivity contribution < 1.29 is 4.74 Å². The molecule has 1 atom stereocenters. The third-order valence-corrected chi connectivity index (χ3v) is 4.55. The second-order valence-electron chi connectivity index (χ2n) is 4.61. The maximum absolute atomic E-state index is 6.58. The number of alkyl halides is 1. The average molecular weight is 348 g/mol. The Hall–Kier alpha value is -0.600. The molecule has 20 heavy (non-hydrogen) atoms. The summed E-state index contributed by atoms with van der Waals surface area (Å²) in [6.45, 7) is 0.648. The first kappa shape index (κ1) is 14.3. The van der Waals surface area contributed by atoms with Gasteiger partial charge in [-0.3, -0.25) is 0 Å². The van der Waals surface area contributed by atoms with Crippen LogP contribution in [0.15, 0.2) is 30.3 Å². The predicted molar refractivity (Wildman–Crippen MR) is 84.8 cm³/mol. The first-order valence-electron chi connectivity index (χ1n) is 6.10. The van der Waals surface area contributed by atoms with Crippen LogP contribution in [0.5, 0.6) is 5.75 Å². The van der Waals surface area contributed by atoms with Crippen LogP contribution >= 0.6 is 46.4 Å². The molecule has 1 aliphatic rings. The van der Waals surface area contributed by atoms with Gasteiger partial charge < -0.3 is 4.74 Å². The molecule has 104 valence electrons. The summed E-state index contributed by atoms with van der Waals surface area (Å²) in [6, 6.07) is 8.97. The molecule has 0 spiro atoms. The highest BCUT2D eigenvalue weighted by molar-refractivity contribution is 6.35. The number of benzene rings is 2. The lowest BCUT2D eigenvalue weighted by atomic mass is 10.0. The minimum absolute atomic E-state index is 0.452. The maximum atomic E-state index is 6.58. The highest BCUT2D eigenvalue weighted by atomic mass is 35.5. The lowest BCUT2D eigenvalue weighted by Crippen LogP contribution is -1.98. The van der Waals surface area contributed by atoms with Gasteiger partial charge in [0.15, 0.2) is 0 Å². The Morgan fingerprint density at radius 1 is 0.950 bits per heavy atom. The van der Waals surface area contributed by atoms with Gasteiger partial charge >= 0.3 is 0 Å². The van der Waals surface area contributed by atoms with Crippen molar-refractivity contribution in [2.24, 2.45) is 0 Å². The minimum atomic E-state index is -0.452. The zero-order valence-electron chi connectivity index (χ0n) is 10.3. The molecule has 1 heterocycles. The van der Waals surface area contributed by atoms with Gasteiger partial charge in [0.1, 0.15) is 5.75 Å². The molecule has 0 aliphatic carbocycles. The first-order chi connectivity index (χ1) is 9.56. The van der Waals surface area contributed by atoms with Gasteiger partial charge in [-0.05, 0) is 41.5 Å². The van der Waals surface area contributed by atoms with Crippen molar-refractivity contribution in [3.05, 3.63) is 62.1 Å². The monoisotopic (exact) mass is 346 g/mol. The number of rotatable bonds is 2. The van der Waals surface area contributed by atoms with Crippen LogP contribution in [0.1, 0.15) is 22.1 Å². The van der Waals surface area contributed by atoms with Gasteiger partial charge in [0.25, 0.3) is 0 Å². The molecule has 0 saturated heterocycles. The van der Waals surface area contributed by atoms with Crippen LogP contribution in [-0.2, 0) is 6.42 Å². The molecule has 0 radical (unpaired) electrons. The van der Waals surface area contributed by atoms with Crippen LogP contribution in [0, 0.1) is 0 Å². The minimum Gasteiger partial charge on any atom is -0.493 e. The Bertz CT molecular complexity index is 669. The van der Waals surface area contributed by atoms with Crippen molar-refractivity contribution in [2.45, 2.75) is 11.8 Å². The Morgan fingerprint density at radius 2 is 1.70 bits per heavy atom. The number of hydrogen-bond donors (Lipinski definition) is 0. The Morgan fingerprint density at radius 3 is 2.50 bits per heavy atom. The van der Waals surface area contributed by atoms with E-state index in [1.807, 2.05) is 12.1 Å². The number of fused-ring (bicyclic) bond motifs is 1. The van der Waals surface area contributed by atoms with Crippen LogP contribution in [0.25, 0.3) is 0 Å². The molecular formula is C15H10Cl4O. The molecule has 0 bridgehead atoms. The summed E-state index contributed by atoms with van der Waals surface area (Å²) < 4.78 is 5.68. The molecule has 1 aliphatic heterocycles. The second kappa shape index (κ2) is 5.65. The zero-order valence-corrected chi connectivity index (χ0v) is 13.3. The molecule has 0 aromatic heterocycles. The molecule has 3 rings (SSSR count). The lowest BCUT2D eigenvalue weighted by molar-refractivity contribution is 0.353. The Kier molecular flexibility index (Phi) is 4.05. The van der Waals surface area contributed by atoms with Crippen LogP contribution in [0.3, 0.4) is 0 Å². The van der Waals surface area contributed by atoms with Crippen LogP contribution in [-0.4, -0.2) is 6.61 Å². The fourth-order valence-corrected chi connectivity index (χ4v) is 3.42. The third kappa shape index (κ3) is 2.60. The smallest absolute Gasteiger partial charge is 0.127 e. The molecule has 0 amide bonds. The van der Waals surface area contributed by atoms with E-state index in [0.29, 0.717) is 21.7 Å². The summed E-state index contributed by atoms with van der Waals surface area (Å²) in [5, 5.41) is 1.36. The Labute approximate surface area is 137 Å². The van der Waals surface area contributed by atoms with Gasteiger partial charge in [0.2, 0.25) is 0 Å².